The van der Waals surface area contributed by atoms with E-state index in [1.54, 1.807) is 19.1 Å². The molecule has 0 aliphatic heterocycles. The van der Waals surface area contributed by atoms with E-state index in [0.29, 0.717) is 30.4 Å². The summed E-state index contributed by atoms with van der Waals surface area (Å²) in [6, 6.07) is 13.2. The second kappa shape index (κ2) is 9.77. The highest BCUT2D eigenvalue weighted by atomic mass is 32.1. The Morgan fingerprint density at radius 2 is 1.88 bits per heavy atom. The van der Waals surface area contributed by atoms with Crippen LogP contribution in [0.2, 0.25) is 0 Å². The number of nitrogens with one attached hydrogen (secondary N) is 2. The zero-order chi connectivity index (χ0) is 18.9. The van der Waals surface area contributed by atoms with E-state index in [1.165, 1.54) is 0 Å². The summed E-state index contributed by atoms with van der Waals surface area (Å²) in [6.07, 6.45) is 0. The second-order valence-electron chi connectivity index (χ2n) is 5.60. The predicted molar refractivity (Wildman–Crippen MR) is 108 cm³/mol. The number of para-hydroxylation sites is 1. The molecular weight excluding hydrogens is 348 g/mol. The van der Waals surface area contributed by atoms with Gasteiger partial charge in [0, 0.05) is 17.8 Å². The summed E-state index contributed by atoms with van der Waals surface area (Å²) in [5.41, 5.74) is 3.27. The van der Waals surface area contributed by atoms with Crippen LogP contribution in [-0.4, -0.2) is 24.3 Å². The Morgan fingerprint density at radius 3 is 2.62 bits per heavy atom. The molecule has 26 heavy (non-hydrogen) atoms. The van der Waals surface area contributed by atoms with Crippen LogP contribution in [0.5, 0.6) is 5.75 Å². The Bertz CT molecular complexity index is 777. The van der Waals surface area contributed by atoms with Crippen molar-refractivity contribution in [2.24, 2.45) is 0 Å². The van der Waals surface area contributed by atoms with Crippen LogP contribution in [0.25, 0.3) is 0 Å². The maximum absolute atomic E-state index is 11.9. The maximum atomic E-state index is 11.9. The number of benzene rings is 2. The number of thiocarbonyl (C=S) groups is 1. The zero-order valence-corrected chi connectivity index (χ0v) is 16.1. The van der Waals surface area contributed by atoms with Gasteiger partial charge in [0.25, 0.3) is 0 Å². The number of ether oxygens (including phenoxy) is 2. The van der Waals surface area contributed by atoms with Crippen LogP contribution < -0.4 is 15.4 Å². The molecule has 0 saturated carbocycles. The van der Waals surface area contributed by atoms with Gasteiger partial charge in [-0.05, 0) is 56.8 Å². The van der Waals surface area contributed by atoms with Gasteiger partial charge in [-0.2, -0.15) is 0 Å². The van der Waals surface area contributed by atoms with Crippen LogP contribution in [0.4, 0.5) is 5.69 Å². The molecule has 2 aromatic carbocycles. The molecule has 0 fully saturated rings. The van der Waals surface area contributed by atoms with Crippen molar-refractivity contribution in [2.75, 3.05) is 18.5 Å². The fourth-order valence-corrected chi connectivity index (χ4v) is 2.57. The van der Waals surface area contributed by atoms with E-state index >= 15 is 0 Å². The van der Waals surface area contributed by atoms with Gasteiger partial charge < -0.3 is 20.1 Å². The van der Waals surface area contributed by atoms with Crippen LogP contribution in [0.1, 0.15) is 35.3 Å². The van der Waals surface area contributed by atoms with Gasteiger partial charge in [0.05, 0.1) is 18.8 Å². The molecule has 0 radical (unpaired) electrons. The van der Waals surface area contributed by atoms with Crippen LogP contribution in [0.3, 0.4) is 0 Å². The highest BCUT2D eigenvalue weighted by Crippen LogP contribution is 2.19. The molecule has 0 atom stereocenters. The predicted octanol–water partition coefficient (Wildman–Crippen LogP) is 4.06. The van der Waals surface area contributed by atoms with Gasteiger partial charge in [0.2, 0.25) is 0 Å². The average Bonchev–Trinajstić information content (AvgIpc) is 2.63. The molecule has 0 amide bonds. The van der Waals surface area contributed by atoms with E-state index in [2.05, 4.69) is 10.6 Å². The molecular formula is C20H24N2O3S. The highest BCUT2D eigenvalue weighted by molar-refractivity contribution is 7.80. The van der Waals surface area contributed by atoms with Gasteiger partial charge in [-0.25, -0.2) is 4.79 Å². The summed E-state index contributed by atoms with van der Waals surface area (Å²) in [4.78, 5) is 11.9. The minimum Gasteiger partial charge on any atom is -0.494 e. The van der Waals surface area contributed by atoms with Crippen LogP contribution >= 0.6 is 12.2 Å². The van der Waals surface area contributed by atoms with Crippen molar-refractivity contribution >= 4 is 29.0 Å². The number of aryl methyl sites for hydroxylation is 1. The van der Waals surface area contributed by atoms with Gasteiger partial charge in [-0.1, -0.05) is 24.3 Å². The molecule has 0 bridgehead atoms. The smallest absolute Gasteiger partial charge is 0.338 e. The SMILES string of the molecule is CCOC(=O)c1ccc(C)c(NC(=S)NCc2ccccc2OCC)c1. The number of anilines is 1. The quantitative estimate of drug-likeness (QED) is 0.565. The van der Waals surface area contributed by atoms with Crippen molar-refractivity contribution in [3.8, 4) is 5.75 Å². The Morgan fingerprint density at radius 1 is 1.12 bits per heavy atom. The van der Waals surface area contributed by atoms with Gasteiger partial charge in [0.1, 0.15) is 5.75 Å². The number of hydrogen-bond acceptors (Lipinski definition) is 4. The third kappa shape index (κ3) is 5.46. The lowest BCUT2D eigenvalue weighted by Crippen LogP contribution is -2.28. The van der Waals surface area contributed by atoms with Crippen LogP contribution in [0, 0.1) is 6.92 Å². The lowest BCUT2D eigenvalue weighted by Gasteiger charge is -2.15. The topological polar surface area (TPSA) is 59.6 Å². The first kappa shape index (κ1) is 19.7. The van der Waals surface area contributed by atoms with Crippen molar-refractivity contribution < 1.29 is 14.3 Å². The van der Waals surface area contributed by atoms with Gasteiger partial charge in [0.15, 0.2) is 5.11 Å². The minimum absolute atomic E-state index is 0.342. The summed E-state index contributed by atoms with van der Waals surface area (Å²) in [6.45, 7) is 7.18. The molecule has 2 rings (SSSR count). The van der Waals surface area contributed by atoms with Crippen molar-refractivity contribution in [1.29, 1.82) is 0 Å². The fourth-order valence-electron chi connectivity index (χ4n) is 2.39. The third-order valence-corrected chi connectivity index (χ3v) is 3.96. The van der Waals surface area contributed by atoms with Crippen molar-refractivity contribution in [3.63, 3.8) is 0 Å². The highest BCUT2D eigenvalue weighted by Gasteiger charge is 2.10. The van der Waals surface area contributed by atoms with Crippen molar-refractivity contribution in [1.82, 2.24) is 5.32 Å². The second-order valence-corrected chi connectivity index (χ2v) is 6.01. The number of carbonyl (C=O) groups excluding carboxylic acids is 1. The van der Waals surface area contributed by atoms with E-state index in [9.17, 15) is 4.79 Å². The summed E-state index contributed by atoms with van der Waals surface area (Å²) < 4.78 is 10.7. The molecule has 5 nitrogen and oxygen atoms in total. The lowest BCUT2D eigenvalue weighted by molar-refractivity contribution is 0.0526. The molecule has 0 unspecified atom stereocenters. The number of hydrogen-bond donors (Lipinski definition) is 2. The Balaban J connectivity index is 2.02. The monoisotopic (exact) mass is 372 g/mol. The van der Waals surface area contributed by atoms with E-state index in [1.807, 2.05) is 44.2 Å². The minimum atomic E-state index is -0.347. The van der Waals surface area contributed by atoms with Crippen molar-refractivity contribution in [3.05, 3.63) is 59.2 Å². The molecule has 138 valence electrons. The Labute approximate surface area is 159 Å². The van der Waals surface area contributed by atoms with Crippen LogP contribution in [-0.2, 0) is 11.3 Å². The van der Waals surface area contributed by atoms with E-state index in [-0.39, 0.29) is 5.97 Å². The number of rotatable bonds is 7. The van der Waals surface area contributed by atoms with Crippen molar-refractivity contribution in [2.45, 2.75) is 27.3 Å². The van der Waals surface area contributed by atoms with Crippen LogP contribution in [0.15, 0.2) is 42.5 Å². The van der Waals surface area contributed by atoms with E-state index < -0.39 is 0 Å². The van der Waals surface area contributed by atoms with Gasteiger partial charge in [-0.3, -0.25) is 0 Å². The first-order valence-corrected chi connectivity index (χ1v) is 8.99. The molecule has 0 saturated heterocycles. The van der Waals surface area contributed by atoms with E-state index in [0.717, 1.165) is 22.6 Å². The zero-order valence-electron chi connectivity index (χ0n) is 15.3. The lowest BCUT2D eigenvalue weighted by atomic mass is 10.1. The molecule has 2 aromatic rings. The van der Waals surface area contributed by atoms with E-state index in [4.69, 9.17) is 21.7 Å². The summed E-state index contributed by atoms with van der Waals surface area (Å²) in [5.74, 6) is 0.492. The maximum Gasteiger partial charge on any atom is 0.338 e. The van der Waals surface area contributed by atoms with Gasteiger partial charge >= 0.3 is 5.97 Å². The Kier molecular flexibility index (Phi) is 7.41. The summed E-state index contributed by atoms with van der Waals surface area (Å²) >= 11 is 5.38. The largest absolute Gasteiger partial charge is 0.494 e. The Hall–Kier alpha value is -2.60. The first-order chi connectivity index (χ1) is 12.5. The molecule has 6 heteroatoms. The molecule has 0 heterocycles. The molecule has 0 spiro atoms. The van der Waals surface area contributed by atoms with Gasteiger partial charge in [-0.15, -0.1) is 0 Å². The summed E-state index contributed by atoms with van der Waals surface area (Å²) in [5, 5.41) is 6.79. The number of carbonyl (C=O) groups is 1. The average molecular weight is 372 g/mol. The third-order valence-electron chi connectivity index (χ3n) is 3.71. The summed E-state index contributed by atoms with van der Waals surface area (Å²) in [7, 11) is 0. The number of esters is 1. The molecule has 0 aliphatic rings. The molecule has 2 N–H and O–H groups in total. The normalized spacial score (nSPS) is 10.1. The molecule has 0 aromatic heterocycles. The first-order valence-electron chi connectivity index (χ1n) is 8.58. The fraction of sp³-hybridized carbons (Fsp3) is 0.300. The standard InChI is InChI=1S/C20H24N2O3S/c1-4-24-18-9-7-6-8-16(18)13-21-20(26)22-17-12-15(11-10-14(17)3)19(23)25-5-2/h6-12H,4-5,13H2,1-3H3,(H2,21,22,26). The molecule has 0 aliphatic carbocycles.